The van der Waals surface area contributed by atoms with E-state index in [4.69, 9.17) is 0 Å². The lowest BCUT2D eigenvalue weighted by Crippen LogP contribution is -2.14. The zero-order valence-electron chi connectivity index (χ0n) is 15.7. The largest absolute Gasteiger partial charge is 0.366 e. The molecule has 4 aromatic rings. The predicted octanol–water partition coefficient (Wildman–Crippen LogP) is 3.75. The van der Waals surface area contributed by atoms with Gasteiger partial charge < -0.3 is 5.32 Å². The van der Waals surface area contributed by atoms with Crippen LogP contribution in [0.1, 0.15) is 18.4 Å². The van der Waals surface area contributed by atoms with Crippen LogP contribution in [0, 0.1) is 5.92 Å². The number of pyridine rings is 2. The third-order valence-corrected chi connectivity index (χ3v) is 4.93. The van der Waals surface area contributed by atoms with E-state index in [1.165, 1.54) is 0 Å². The van der Waals surface area contributed by atoms with Crippen molar-refractivity contribution in [2.24, 2.45) is 5.92 Å². The lowest BCUT2D eigenvalue weighted by molar-refractivity contribution is -0.117. The van der Waals surface area contributed by atoms with Crippen molar-refractivity contribution >= 4 is 23.3 Å². The second-order valence-electron chi connectivity index (χ2n) is 7.15. The second kappa shape index (κ2) is 7.35. The number of anilines is 2. The molecular weight excluding hydrogens is 364 g/mol. The van der Waals surface area contributed by atoms with Gasteiger partial charge in [-0.05, 0) is 42.7 Å². The number of nitrogens with zero attached hydrogens (tertiary/aromatic N) is 4. The maximum absolute atomic E-state index is 12.0. The smallest absolute Gasteiger partial charge is 0.249 e. The van der Waals surface area contributed by atoms with E-state index in [1.807, 2.05) is 36.4 Å². The lowest BCUT2D eigenvalue weighted by atomic mass is 10.1. The van der Waals surface area contributed by atoms with Crippen molar-refractivity contribution in [1.29, 1.82) is 0 Å². The Morgan fingerprint density at radius 2 is 1.90 bits per heavy atom. The third kappa shape index (κ3) is 3.80. The first-order chi connectivity index (χ1) is 14.3. The summed E-state index contributed by atoms with van der Waals surface area (Å²) in [4.78, 5) is 20.7. The molecule has 5 rings (SSSR count). The molecule has 1 saturated carbocycles. The first kappa shape index (κ1) is 17.4. The number of hydrogen-bond donors (Lipinski definition) is 2. The highest BCUT2D eigenvalue weighted by Crippen LogP contribution is 2.30. The highest BCUT2D eigenvalue weighted by molar-refractivity contribution is 5.92. The van der Waals surface area contributed by atoms with Gasteiger partial charge in [0.05, 0.1) is 5.69 Å². The van der Waals surface area contributed by atoms with E-state index in [-0.39, 0.29) is 11.8 Å². The summed E-state index contributed by atoms with van der Waals surface area (Å²) in [7, 11) is 0. The summed E-state index contributed by atoms with van der Waals surface area (Å²) in [5, 5.41) is 10.6. The van der Waals surface area contributed by atoms with Crippen molar-refractivity contribution in [2.45, 2.75) is 19.4 Å². The van der Waals surface area contributed by atoms with Crippen LogP contribution < -0.4 is 10.6 Å². The zero-order chi connectivity index (χ0) is 19.6. The molecular formula is C22H20N6O. The monoisotopic (exact) mass is 384 g/mol. The minimum Gasteiger partial charge on any atom is -0.366 e. The molecule has 0 spiro atoms. The highest BCUT2D eigenvalue weighted by atomic mass is 16.2. The molecule has 3 aromatic heterocycles. The minimum atomic E-state index is 0.00668. The molecule has 7 nitrogen and oxygen atoms in total. The normalized spacial score (nSPS) is 13.4. The van der Waals surface area contributed by atoms with E-state index in [9.17, 15) is 4.79 Å². The average Bonchev–Trinajstić information content (AvgIpc) is 3.53. The predicted molar refractivity (Wildman–Crippen MR) is 111 cm³/mol. The van der Waals surface area contributed by atoms with Gasteiger partial charge in [-0.25, -0.2) is 9.50 Å². The van der Waals surface area contributed by atoms with Gasteiger partial charge in [0.15, 0.2) is 5.65 Å². The molecule has 144 valence electrons. The molecule has 1 fully saturated rings. The fraction of sp³-hybridized carbons (Fsp3) is 0.182. The van der Waals surface area contributed by atoms with E-state index >= 15 is 0 Å². The third-order valence-electron chi connectivity index (χ3n) is 4.93. The molecule has 7 heteroatoms. The Labute approximate surface area is 167 Å². The fourth-order valence-electron chi connectivity index (χ4n) is 3.19. The molecule has 1 aliphatic carbocycles. The van der Waals surface area contributed by atoms with Crippen LogP contribution >= 0.6 is 0 Å². The van der Waals surface area contributed by atoms with Crippen molar-refractivity contribution in [3.8, 4) is 11.3 Å². The van der Waals surface area contributed by atoms with Gasteiger partial charge in [-0.15, -0.1) is 5.10 Å². The van der Waals surface area contributed by atoms with E-state index in [1.54, 1.807) is 10.7 Å². The summed E-state index contributed by atoms with van der Waals surface area (Å²) in [6.07, 6.45) is 3.67. The first-order valence-corrected chi connectivity index (χ1v) is 9.67. The Morgan fingerprint density at radius 1 is 1.03 bits per heavy atom. The SMILES string of the molecule is O=C(Nc1nc2cccc(-c3ccc(CNc4ccccn4)cc3)n2n1)C1CC1. The lowest BCUT2D eigenvalue weighted by Gasteiger charge is -2.08. The summed E-state index contributed by atoms with van der Waals surface area (Å²) in [6, 6.07) is 19.9. The van der Waals surface area contributed by atoms with Crippen molar-refractivity contribution in [3.63, 3.8) is 0 Å². The number of benzene rings is 1. The average molecular weight is 384 g/mol. The van der Waals surface area contributed by atoms with Gasteiger partial charge in [-0.1, -0.05) is 36.4 Å². The fourth-order valence-corrected chi connectivity index (χ4v) is 3.19. The number of fused-ring (bicyclic) bond motifs is 1. The van der Waals surface area contributed by atoms with Gasteiger partial charge in [0.25, 0.3) is 0 Å². The van der Waals surface area contributed by atoms with Crippen LogP contribution in [0.5, 0.6) is 0 Å². The van der Waals surface area contributed by atoms with Gasteiger partial charge in [0, 0.05) is 24.2 Å². The van der Waals surface area contributed by atoms with Gasteiger partial charge in [-0.3, -0.25) is 10.1 Å². The van der Waals surface area contributed by atoms with Crippen LogP contribution in [0.2, 0.25) is 0 Å². The van der Waals surface area contributed by atoms with Gasteiger partial charge in [0.1, 0.15) is 5.82 Å². The van der Waals surface area contributed by atoms with Crippen LogP contribution in [-0.2, 0) is 11.3 Å². The molecule has 0 aliphatic heterocycles. The Hall–Kier alpha value is -3.74. The second-order valence-corrected chi connectivity index (χ2v) is 7.15. The number of hydrogen-bond acceptors (Lipinski definition) is 5. The molecule has 0 saturated heterocycles. The summed E-state index contributed by atoms with van der Waals surface area (Å²) in [5.74, 6) is 1.33. The molecule has 3 heterocycles. The number of carbonyl (C=O) groups is 1. The van der Waals surface area contributed by atoms with Crippen LogP contribution in [0.15, 0.2) is 66.9 Å². The molecule has 0 bridgehead atoms. The van der Waals surface area contributed by atoms with Crippen LogP contribution in [0.3, 0.4) is 0 Å². The number of amides is 1. The minimum absolute atomic E-state index is 0.00668. The van der Waals surface area contributed by atoms with Crippen LogP contribution in [0.4, 0.5) is 11.8 Å². The molecule has 0 atom stereocenters. The van der Waals surface area contributed by atoms with E-state index in [0.29, 0.717) is 18.1 Å². The Bertz CT molecular complexity index is 1150. The first-order valence-electron chi connectivity index (χ1n) is 9.67. The Morgan fingerprint density at radius 3 is 2.66 bits per heavy atom. The Kier molecular flexibility index (Phi) is 4.40. The van der Waals surface area contributed by atoms with Crippen molar-refractivity contribution in [3.05, 3.63) is 72.4 Å². The standard InChI is InChI=1S/C22H20N6O/c29-21(17-11-12-17)26-22-25-20-6-3-4-18(28(20)27-22)16-9-7-15(8-10-16)14-24-19-5-1-2-13-23-19/h1-10,13,17H,11-12,14H2,(H,23,24)(H,26,27,29). The maximum atomic E-state index is 12.0. The van der Waals surface area contributed by atoms with Gasteiger partial charge in [0.2, 0.25) is 11.9 Å². The highest BCUT2D eigenvalue weighted by Gasteiger charge is 2.30. The molecule has 1 amide bonds. The summed E-state index contributed by atoms with van der Waals surface area (Å²) in [6.45, 7) is 0.697. The van der Waals surface area contributed by atoms with E-state index < -0.39 is 0 Å². The number of rotatable bonds is 6. The number of carbonyl (C=O) groups excluding carboxylic acids is 1. The van der Waals surface area contributed by atoms with E-state index in [0.717, 1.165) is 35.5 Å². The number of nitrogens with one attached hydrogen (secondary N) is 2. The van der Waals surface area contributed by atoms with Gasteiger partial charge in [-0.2, -0.15) is 4.98 Å². The molecule has 1 aliphatic rings. The molecule has 1 aromatic carbocycles. The molecule has 0 radical (unpaired) electrons. The van der Waals surface area contributed by atoms with Crippen LogP contribution in [-0.4, -0.2) is 25.5 Å². The molecule has 2 N–H and O–H groups in total. The zero-order valence-corrected chi connectivity index (χ0v) is 15.7. The maximum Gasteiger partial charge on any atom is 0.249 e. The topological polar surface area (TPSA) is 84.2 Å². The van der Waals surface area contributed by atoms with Gasteiger partial charge >= 0.3 is 0 Å². The van der Waals surface area contributed by atoms with Crippen molar-refractivity contribution in [2.75, 3.05) is 10.6 Å². The van der Waals surface area contributed by atoms with Crippen molar-refractivity contribution in [1.82, 2.24) is 19.6 Å². The Balaban J connectivity index is 1.35. The summed E-state index contributed by atoms with van der Waals surface area (Å²) in [5.41, 5.74) is 3.81. The molecule has 0 unspecified atom stereocenters. The van der Waals surface area contributed by atoms with Crippen LogP contribution in [0.25, 0.3) is 16.9 Å². The summed E-state index contributed by atoms with van der Waals surface area (Å²) >= 11 is 0. The quantitative estimate of drug-likeness (QED) is 0.529. The van der Waals surface area contributed by atoms with E-state index in [2.05, 4.69) is 50.0 Å². The summed E-state index contributed by atoms with van der Waals surface area (Å²) < 4.78 is 1.77. The molecule has 29 heavy (non-hydrogen) atoms. The van der Waals surface area contributed by atoms with Crippen molar-refractivity contribution < 1.29 is 4.79 Å². The number of aromatic nitrogens is 4.